The molecule has 2 heterocycles. The van der Waals surface area contributed by atoms with Crippen molar-refractivity contribution in [3.63, 3.8) is 0 Å². The predicted molar refractivity (Wildman–Crippen MR) is 116 cm³/mol. The Hall–Kier alpha value is -2.86. The first-order chi connectivity index (χ1) is 15.5. The summed E-state index contributed by atoms with van der Waals surface area (Å²) in [7, 11) is -2.17. The number of aryl methyl sites for hydroxylation is 1. The lowest BCUT2D eigenvalue weighted by atomic mass is 10.0. The van der Waals surface area contributed by atoms with Gasteiger partial charge in [-0.25, -0.2) is 4.39 Å². The molecule has 0 radical (unpaired) electrons. The van der Waals surface area contributed by atoms with Gasteiger partial charge in [0.25, 0.3) is 0 Å². The van der Waals surface area contributed by atoms with Gasteiger partial charge < -0.3 is 4.74 Å². The van der Waals surface area contributed by atoms with Crippen LogP contribution in [0.1, 0.15) is 19.3 Å². The summed E-state index contributed by atoms with van der Waals surface area (Å²) in [6.45, 7) is -0.758. The van der Waals surface area contributed by atoms with Crippen LogP contribution in [-0.2, 0) is 17.3 Å². The van der Waals surface area contributed by atoms with Crippen molar-refractivity contribution in [1.82, 2.24) is 14.1 Å². The first-order valence-corrected chi connectivity index (χ1v) is 11.7. The van der Waals surface area contributed by atoms with Crippen molar-refractivity contribution >= 4 is 26.9 Å². The van der Waals surface area contributed by atoms with Crippen LogP contribution in [0.4, 0.5) is 23.4 Å². The van der Waals surface area contributed by atoms with Crippen LogP contribution in [0, 0.1) is 5.82 Å². The Morgan fingerprint density at radius 3 is 2.55 bits per heavy atom. The molecular weight excluding hydrogens is 464 g/mol. The molecule has 0 unspecified atom stereocenters. The predicted octanol–water partition coefficient (Wildman–Crippen LogP) is 4.46. The van der Waals surface area contributed by atoms with Gasteiger partial charge in [-0.05, 0) is 36.6 Å². The minimum atomic E-state index is -4.62. The molecule has 2 aromatic carbocycles. The lowest BCUT2D eigenvalue weighted by molar-refractivity contribution is -0.153. The zero-order chi connectivity index (χ0) is 23.8. The first kappa shape index (κ1) is 23.3. The number of nitrogens with zero attached hydrogens (tertiary/aromatic N) is 3. The molecule has 178 valence electrons. The van der Waals surface area contributed by atoms with E-state index in [2.05, 4.69) is 9.82 Å². The number of ether oxygens (including phenoxy) is 1. The number of hydrogen-bond donors (Lipinski definition) is 1. The molecule has 0 amide bonds. The fourth-order valence-corrected chi connectivity index (χ4v) is 5.09. The van der Waals surface area contributed by atoms with Gasteiger partial charge >= 0.3 is 16.4 Å². The van der Waals surface area contributed by atoms with Crippen molar-refractivity contribution in [1.29, 1.82) is 0 Å². The molecule has 4 rings (SSSR count). The van der Waals surface area contributed by atoms with E-state index in [1.807, 2.05) is 0 Å². The molecular formula is C21H22F4N4O3S. The molecule has 0 atom stereocenters. The molecule has 3 aromatic rings. The molecule has 1 aliphatic heterocycles. The SMILES string of the molecule is Cn1nc(NS(=O)(=O)N2CCCCC2)c2ccc(-c3cccc(F)c3OCC(F)(F)F)cc21. The maximum atomic E-state index is 14.3. The minimum Gasteiger partial charge on any atom is -0.480 e. The van der Waals surface area contributed by atoms with Crippen LogP contribution < -0.4 is 9.46 Å². The van der Waals surface area contributed by atoms with E-state index in [-0.39, 0.29) is 11.4 Å². The Morgan fingerprint density at radius 2 is 1.85 bits per heavy atom. The Labute approximate surface area is 188 Å². The highest BCUT2D eigenvalue weighted by Crippen LogP contribution is 2.36. The van der Waals surface area contributed by atoms with Crippen molar-refractivity contribution < 1.29 is 30.7 Å². The Bertz CT molecular complexity index is 1270. The third kappa shape index (κ3) is 5.06. The van der Waals surface area contributed by atoms with Gasteiger partial charge in [-0.3, -0.25) is 9.40 Å². The monoisotopic (exact) mass is 486 g/mol. The van der Waals surface area contributed by atoms with Crippen molar-refractivity contribution in [2.45, 2.75) is 25.4 Å². The third-order valence-electron chi connectivity index (χ3n) is 5.39. The average Bonchev–Trinajstić information content (AvgIpc) is 3.07. The first-order valence-electron chi connectivity index (χ1n) is 10.3. The fraction of sp³-hybridized carbons (Fsp3) is 0.381. The number of alkyl halides is 3. The highest BCUT2D eigenvalue weighted by molar-refractivity contribution is 7.90. The number of halogens is 4. The maximum Gasteiger partial charge on any atom is 0.422 e. The Morgan fingerprint density at radius 1 is 1.12 bits per heavy atom. The van der Waals surface area contributed by atoms with E-state index >= 15 is 0 Å². The van der Waals surface area contributed by atoms with Crippen LogP contribution in [0.15, 0.2) is 36.4 Å². The number of hydrogen-bond acceptors (Lipinski definition) is 4. The van der Waals surface area contributed by atoms with Gasteiger partial charge in [-0.15, -0.1) is 0 Å². The van der Waals surface area contributed by atoms with E-state index in [1.165, 1.54) is 21.1 Å². The molecule has 33 heavy (non-hydrogen) atoms. The average molecular weight is 486 g/mol. The maximum absolute atomic E-state index is 14.3. The van der Waals surface area contributed by atoms with Gasteiger partial charge in [0.15, 0.2) is 24.0 Å². The quantitative estimate of drug-likeness (QED) is 0.522. The van der Waals surface area contributed by atoms with Gasteiger partial charge in [-0.1, -0.05) is 24.6 Å². The second kappa shape index (κ2) is 8.82. The largest absolute Gasteiger partial charge is 0.480 e. The minimum absolute atomic E-state index is 0.136. The van der Waals surface area contributed by atoms with E-state index in [1.54, 1.807) is 25.2 Å². The van der Waals surface area contributed by atoms with Gasteiger partial charge in [0.1, 0.15) is 0 Å². The second-order valence-corrected chi connectivity index (χ2v) is 9.46. The number of anilines is 1. The van der Waals surface area contributed by atoms with E-state index in [0.717, 1.165) is 25.3 Å². The molecule has 1 N–H and O–H groups in total. The van der Waals surface area contributed by atoms with Crippen molar-refractivity contribution in [2.24, 2.45) is 7.05 Å². The summed E-state index contributed by atoms with van der Waals surface area (Å²) in [5.74, 6) is -1.29. The highest BCUT2D eigenvalue weighted by atomic mass is 32.2. The normalized spacial score (nSPS) is 15.7. The summed E-state index contributed by atoms with van der Waals surface area (Å²) in [6.07, 6.45) is -2.05. The van der Waals surface area contributed by atoms with Gasteiger partial charge in [0.2, 0.25) is 0 Å². The van der Waals surface area contributed by atoms with Crippen LogP contribution in [-0.4, -0.2) is 48.4 Å². The fourth-order valence-electron chi connectivity index (χ4n) is 3.83. The Balaban J connectivity index is 1.68. The third-order valence-corrected chi connectivity index (χ3v) is 6.89. The van der Waals surface area contributed by atoms with Crippen molar-refractivity contribution in [3.05, 3.63) is 42.2 Å². The van der Waals surface area contributed by atoms with E-state index < -0.39 is 34.6 Å². The molecule has 0 spiro atoms. The molecule has 1 fully saturated rings. The molecule has 1 saturated heterocycles. The summed E-state index contributed by atoms with van der Waals surface area (Å²) in [5.41, 5.74) is 1.04. The lowest BCUT2D eigenvalue weighted by Crippen LogP contribution is -2.39. The van der Waals surface area contributed by atoms with E-state index in [9.17, 15) is 26.0 Å². The topological polar surface area (TPSA) is 76.5 Å². The number of benzene rings is 2. The van der Waals surface area contributed by atoms with Gasteiger partial charge in [0, 0.05) is 31.1 Å². The van der Waals surface area contributed by atoms with Gasteiger partial charge in [-0.2, -0.15) is 31.0 Å². The Kier molecular flexibility index (Phi) is 6.23. The second-order valence-electron chi connectivity index (χ2n) is 7.79. The van der Waals surface area contributed by atoms with E-state index in [4.69, 9.17) is 4.74 Å². The van der Waals surface area contributed by atoms with Crippen molar-refractivity contribution in [2.75, 3.05) is 24.4 Å². The molecule has 0 saturated carbocycles. The molecule has 0 aliphatic carbocycles. The standard InChI is InChI=1S/C21H22F4N4O3S/c1-28-18-12-14(15-6-5-7-17(22)19(15)32-13-21(23,24)25)8-9-16(18)20(26-28)27-33(30,31)29-10-3-2-4-11-29/h5-9,12H,2-4,10-11,13H2,1H3,(H,26,27). The number of piperidine rings is 1. The smallest absolute Gasteiger partial charge is 0.422 e. The highest BCUT2D eigenvalue weighted by Gasteiger charge is 2.30. The number of para-hydroxylation sites is 1. The van der Waals surface area contributed by atoms with Gasteiger partial charge in [0.05, 0.1) is 5.52 Å². The molecule has 0 bridgehead atoms. The molecule has 12 heteroatoms. The van der Waals surface area contributed by atoms with Crippen LogP contribution >= 0.6 is 0 Å². The van der Waals surface area contributed by atoms with Crippen LogP contribution in [0.3, 0.4) is 0 Å². The van der Waals surface area contributed by atoms with Crippen LogP contribution in [0.2, 0.25) is 0 Å². The summed E-state index contributed by atoms with van der Waals surface area (Å²) < 4.78 is 87.7. The zero-order valence-electron chi connectivity index (χ0n) is 17.7. The van der Waals surface area contributed by atoms with E-state index in [0.29, 0.717) is 29.6 Å². The molecule has 7 nitrogen and oxygen atoms in total. The van der Waals surface area contributed by atoms with Crippen LogP contribution in [0.25, 0.3) is 22.0 Å². The summed E-state index contributed by atoms with van der Waals surface area (Å²) >= 11 is 0. The number of fused-ring (bicyclic) bond motifs is 1. The van der Waals surface area contributed by atoms with Crippen molar-refractivity contribution in [3.8, 4) is 16.9 Å². The summed E-state index contributed by atoms with van der Waals surface area (Å²) in [4.78, 5) is 0. The zero-order valence-corrected chi connectivity index (χ0v) is 18.5. The number of rotatable bonds is 6. The summed E-state index contributed by atoms with van der Waals surface area (Å²) in [6, 6.07) is 8.58. The van der Waals surface area contributed by atoms with Crippen LogP contribution in [0.5, 0.6) is 5.75 Å². The summed E-state index contributed by atoms with van der Waals surface area (Å²) in [5, 5.41) is 4.76. The number of aromatic nitrogens is 2. The number of nitrogens with one attached hydrogen (secondary N) is 1. The lowest BCUT2D eigenvalue weighted by Gasteiger charge is -2.25. The molecule has 1 aromatic heterocycles. The molecule has 1 aliphatic rings.